The average Bonchev–Trinajstić information content (AvgIpc) is 2.85. The van der Waals surface area contributed by atoms with Crippen LogP contribution in [0.2, 0.25) is 0 Å². The second kappa shape index (κ2) is 12.0. The highest BCUT2D eigenvalue weighted by Gasteiger charge is 2.44. The van der Waals surface area contributed by atoms with Gasteiger partial charge in [0.25, 0.3) is 0 Å². The lowest BCUT2D eigenvalue weighted by Gasteiger charge is -2.42. The molecule has 1 aliphatic carbocycles. The van der Waals surface area contributed by atoms with E-state index in [0.29, 0.717) is 11.3 Å². The van der Waals surface area contributed by atoms with E-state index in [9.17, 15) is 14.4 Å². The molecule has 1 aromatic heterocycles. The van der Waals surface area contributed by atoms with Gasteiger partial charge in [-0.1, -0.05) is 58.2 Å². The highest BCUT2D eigenvalue weighted by molar-refractivity contribution is 6.03. The van der Waals surface area contributed by atoms with E-state index in [2.05, 4.69) is 31.1 Å². The standard InChI is InChI=1S/C32H44N4O4/c1-31(2,3)24-14-16-26(17-15-24)36(29(38)23-20-35(21-23)30(39)40-32(4,5)6)27(22-11-10-18-33-19-22)28(37)34-25-12-8-7-9-13-25/h10-11,14-19,23,25,27H,7-9,12-13,20-21H2,1-6H3,(H,34,37). The summed E-state index contributed by atoms with van der Waals surface area (Å²) in [5, 5.41) is 3.24. The van der Waals surface area contributed by atoms with Gasteiger partial charge in [-0.05, 0) is 62.8 Å². The molecule has 216 valence electrons. The number of amides is 3. The maximum Gasteiger partial charge on any atom is 0.410 e. The van der Waals surface area contributed by atoms with Crippen LogP contribution in [-0.2, 0) is 19.7 Å². The Hall–Kier alpha value is -3.42. The third kappa shape index (κ3) is 7.20. The summed E-state index contributed by atoms with van der Waals surface area (Å²) in [6.45, 7) is 12.4. The zero-order valence-electron chi connectivity index (χ0n) is 24.8. The number of ether oxygens (including phenoxy) is 1. The number of aromatic nitrogens is 1. The van der Waals surface area contributed by atoms with Crippen molar-refractivity contribution in [1.29, 1.82) is 0 Å². The number of anilines is 1. The van der Waals surface area contributed by atoms with Gasteiger partial charge in [-0.15, -0.1) is 0 Å². The average molecular weight is 549 g/mol. The third-order valence-electron chi connectivity index (χ3n) is 7.59. The molecule has 1 aliphatic heterocycles. The highest BCUT2D eigenvalue weighted by Crippen LogP contribution is 2.34. The van der Waals surface area contributed by atoms with Gasteiger partial charge in [0.2, 0.25) is 11.8 Å². The number of carbonyl (C=O) groups is 3. The quantitative estimate of drug-likeness (QED) is 0.495. The summed E-state index contributed by atoms with van der Waals surface area (Å²) in [5.74, 6) is -0.858. The summed E-state index contributed by atoms with van der Waals surface area (Å²) >= 11 is 0. The first-order chi connectivity index (χ1) is 18.8. The number of rotatable bonds is 6. The fourth-order valence-electron chi connectivity index (χ4n) is 5.32. The van der Waals surface area contributed by atoms with Gasteiger partial charge in [-0.2, -0.15) is 0 Å². The first kappa shape index (κ1) is 29.6. The number of pyridine rings is 1. The minimum absolute atomic E-state index is 0.0592. The van der Waals surface area contributed by atoms with Gasteiger partial charge in [0.05, 0.1) is 5.92 Å². The number of likely N-dealkylation sites (tertiary alicyclic amines) is 1. The number of hydrogen-bond donors (Lipinski definition) is 1. The zero-order chi connectivity index (χ0) is 29.1. The van der Waals surface area contributed by atoms with E-state index in [1.807, 2.05) is 51.1 Å². The normalized spacial score (nSPS) is 17.5. The Bertz CT molecular complexity index is 1170. The number of benzene rings is 1. The van der Waals surface area contributed by atoms with Crippen LogP contribution in [0.4, 0.5) is 10.5 Å². The SMILES string of the molecule is CC(C)(C)OC(=O)N1CC(C(=O)N(c2ccc(C(C)(C)C)cc2)C(C(=O)NC2CCCCC2)c2cccnc2)C1. The van der Waals surface area contributed by atoms with Gasteiger partial charge < -0.3 is 15.0 Å². The van der Waals surface area contributed by atoms with Gasteiger partial charge in [0.15, 0.2) is 0 Å². The molecule has 1 saturated carbocycles. The van der Waals surface area contributed by atoms with E-state index in [0.717, 1.165) is 31.2 Å². The molecule has 1 aromatic carbocycles. The number of hydrogen-bond acceptors (Lipinski definition) is 5. The van der Waals surface area contributed by atoms with E-state index in [-0.39, 0.29) is 36.4 Å². The van der Waals surface area contributed by atoms with Crippen molar-refractivity contribution >= 4 is 23.6 Å². The molecule has 3 amide bonds. The van der Waals surface area contributed by atoms with E-state index in [4.69, 9.17) is 4.74 Å². The molecule has 2 fully saturated rings. The van der Waals surface area contributed by atoms with Crippen LogP contribution in [-0.4, -0.2) is 52.5 Å². The topological polar surface area (TPSA) is 91.8 Å². The summed E-state index contributed by atoms with van der Waals surface area (Å²) in [4.78, 5) is 48.2. The third-order valence-corrected chi connectivity index (χ3v) is 7.59. The molecule has 8 nitrogen and oxygen atoms in total. The molecular formula is C32H44N4O4. The van der Waals surface area contributed by atoms with Crippen LogP contribution in [0.5, 0.6) is 0 Å². The molecule has 1 saturated heterocycles. The largest absolute Gasteiger partial charge is 0.444 e. The van der Waals surface area contributed by atoms with Crippen LogP contribution in [0.3, 0.4) is 0 Å². The molecule has 2 heterocycles. The summed E-state index contributed by atoms with van der Waals surface area (Å²) in [6.07, 6.45) is 8.11. The summed E-state index contributed by atoms with van der Waals surface area (Å²) in [5.41, 5.74) is 1.74. The Morgan fingerprint density at radius 3 is 2.17 bits per heavy atom. The zero-order valence-corrected chi connectivity index (χ0v) is 24.8. The maximum absolute atomic E-state index is 14.2. The highest BCUT2D eigenvalue weighted by atomic mass is 16.6. The lowest BCUT2D eigenvalue weighted by atomic mass is 9.87. The molecule has 1 unspecified atom stereocenters. The molecule has 1 N–H and O–H groups in total. The van der Waals surface area contributed by atoms with Crippen LogP contribution >= 0.6 is 0 Å². The van der Waals surface area contributed by atoms with Crippen molar-refractivity contribution in [2.45, 2.75) is 96.7 Å². The Kier molecular flexibility index (Phi) is 8.86. The van der Waals surface area contributed by atoms with Crippen molar-refractivity contribution in [2.24, 2.45) is 5.92 Å². The first-order valence-corrected chi connectivity index (χ1v) is 14.5. The minimum atomic E-state index is -0.890. The van der Waals surface area contributed by atoms with Crippen molar-refractivity contribution in [2.75, 3.05) is 18.0 Å². The maximum atomic E-state index is 14.2. The fraction of sp³-hybridized carbons (Fsp3) is 0.562. The van der Waals surface area contributed by atoms with E-state index >= 15 is 0 Å². The first-order valence-electron chi connectivity index (χ1n) is 14.5. The molecule has 0 radical (unpaired) electrons. The van der Waals surface area contributed by atoms with Crippen molar-refractivity contribution in [1.82, 2.24) is 15.2 Å². The van der Waals surface area contributed by atoms with Crippen LogP contribution in [0, 0.1) is 5.92 Å². The smallest absolute Gasteiger partial charge is 0.410 e. The Morgan fingerprint density at radius 2 is 1.62 bits per heavy atom. The van der Waals surface area contributed by atoms with Gasteiger partial charge in [-0.25, -0.2) is 4.79 Å². The second-order valence-electron chi connectivity index (χ2n) is 13.1. The lowest BCUT2D eigenvalue weighted by Crippen LogP contribution is -2.59. The molecule has 1 atom stereocenters. The van der Waals surface area contributed by atoms with Gasteiger partial charge in [-0.3, -0.25) is 19.5 Å². The number of nitrogens with one attached hydrogen (secondary N) is 1. The van der Waals surface area contributed by atoms with Crippen molar-refractivity contribution in [3.8, 4) is 0 Å². The van der Waals surface area contributed by atoms with Crippen molar-refractivity contribution in [3.05, 3.63) is 59.9 Å². The van der Waals surface area contributed by atoms with Crippen LogP contribution in [0.15, 0.2) is 48.8 Å². The summed E-state index contributed by atoms with van der Waals surface area (Å²) in [7, 11) is 0. The number of nitrogens with zero attached hydrogens (tertiary/aromatic N) is 3. The Balaban J connectivity index is 1.67. The second-order valence-corrected chi connectivity index (χ2v) is 13.1. The monoisotopic (exact) mass is 548 g/mol. The Morgan fingerprint density at radius 1 is 0.975 bits per heavy atom. The molecule has 8 heteroatoms. The van der Waals surface area contributed by atoms with Gasteiger partial charge in [0.1, 0.15) is 11.6 Å². The fourth-order valence-corrected chi connectivity index (χ4v) is 5.32. The molecular weight excluding hydrogens is 504 g/mol. The molecule has 0 bridgehead atoms. The predicted molar refractivity (Wildman–Crippen MR) is 156 cm³/mol. The molecule has 2 aromatic rings. The lowest BCUT2D eigenvalue weighted by molar-refractivity contribution is -0.131. The summed E-state index contributed by atoms with van der Waals surface area (Å²) < 4.78 is 5.49. The number of carbonyl (C=O) groups excluding carboxylic acids is 3. The van der Waals surface area contributed by atoms with Crippen molar-refractivity contribution in [3.63, 3.8) is 0 Å². The molecule has 4 rings (SSSR count). The van der Waals surface area contributed by atoms with E-state index in [1.54, 1.807) is 23.4 Å². The molecule has 0 spiro atoms. The molecule has 40 heavy (non-hydrogen) atoms. The van der Waals surface area contributed by atoms with E-state index in [1.165, 1.54) is 11.3 Å². The predicted octanol–water partition coefficient (Wildman–Crippen LogP) is 5.77. The van der Waals surface area contributed by atoms with Gasteiger partial charge in [0, 0.05) is 42.8 Å². The Labute approximate surface area is 238 Å². The van der Waals surface area contributed by atoms with Crippen molar-refractivity contribution < 1.29 is 19.1 Å². The van der Waals surface area contributed by atoms with E-state index < -0.39 is 23.7 Å². The van der Waals surface area contributed by atoms with Gasteiger partial charge >= 0.3 is 6.09 Å². The molecule has 2 aliphatic rings. The van der Waals surface area contributed by atoms with Crippen LogP contribution in [0.1, 0.15) is 90.8 Å². The minimum Gasteiger partial charge on any atom is -0.444 e. The summed E-state index contributed by atoms with van der Waals surface area (Å²) in [6, 6.07) is 10.7. The van der Waals surface area contributed by atoms with Crippen LogP contribution in [0.25, 0.3) is 0 Å². The van der Waals surface area contributed by atoms with Crippen LogP contribution < -0.4 is 10.2 Å².